The number of thiophene rings is 1. The van der Waals surface area contributed by atoms with Crippen molar-refractivity contribution in [3.8, 4) is 11.1 Å². The fourth-order valence-corrected chi connectivity index (χ4v) is 6.84. The third kappa shape index (κ3) is 1.99. The van der Waals surface area contributed by atoms with Crippen molar-refractivity contribution in [2.24, 2.45) is 0 Å². The molecule has 6 aromatic carbocycles. The molecule has 8 rings (SSSR count). The fourth-order valence-electron chi connectivity index (χ4n) is 5.68. The van der Waals surface area contributed by atoms with Crippen molar-refractivity contribution in [1.82, 2.24) is 0 Å². The second-order valence-electron chi connectivity index (χ2n) is 8.59. The van der Waals surface area contributed by atoms with Crippen LogP contribution in [0.25, 0.3) is 63.6 Å². The van der Waals surface area contributed by atoms with Crippen molar-refractivity contribution < 1.29 is 0 Å². The van der Waals surface area contributed by atoms with E-state index < -0.39 is 0 Å². The van der Waals surface area contributed by atoms with Gasteiger partial charge in [0.15, 0.2) is 0 Å². The minimum absolute atomic E-state index is 1.20. The lowest BCUT2D eigenvalue weighted by molar-refractivity contribution is 1.59. The van der Waals surface area contributed by atoms with Crippen LogP contribution in [0, 0.1) is 0 Å². The van der Waals surface area contributed by atoms with Crippen molar-refractivity contribution in [3.05, 3.63) is 97.1 Å². The maximum Gasteiger partial charge on any atom is 0.0550 e. The van der Waals surface area contributed by atoms with Gasteiger partial charge in [-0.2, -0.15) is 0 Å². The summed E-state index contributed by atoms with van der Waals surface area (Å²) in [5.41, 5.74) is 5.13. The van der Waals surface area contributed by atoms with Gasteiger partial charge < -0.3 is 5.32 Å². The summed E-state index contributed by atoms with van der Waals surface area (Å²) in [6.07, 6.45) is 0. The van der Waals surface area contributed by atoms with Crippen LogP contribution in [0.15, 0.2) is 97.1 Å². The molecule has 0 bridgehead atoms. The Hall–Kier alpha value is -3.88. The average molecular weight is 424 g/mol. The zero-order valence-corrected chi connectivity index (χ0v) is 18.0. The van der Waals surface area contributed by atoms with Gasteiger partial charge in [0.2, 0.25) is 0 Å². The number of hydrogen-bond donors (Lipinski definition) is 1. The largest absolute Gasteiger partial charge is 0.354 e. The number of hydrogen-bond acceptors (Lipinski definition) is 2. The summed E-state index contributed by atoms with van der Waals surface area (Å²) < 4.78 is 2.71. The summed E-state index contributed by atoms with van der Waals surface area (Å²) in [5, 5.41) is 14.4. The second kappa shape index (κ2) is 5.87. The van der Waals surface area contributed by atoms with E-state index in [2.05, 4.69) is 102 Å². The summed E-state index contributed by atoms with van der Waals surface area (Å²) in [6, 6.07) is 35.5. The van der Waals surface area contributed by atoms with Crippen LogP contribution < -0.4 is 5.32 Å². The number of nitrogens with one attached hydrogen (secondary N) is 1. The third-order valence-corrected chi connectivity index (χ3v) is 8.07. The average Bonchev–Trinajstić information content (AvgIpc) is 3.22. The highest BCUT2D eigenvalue weighted by Crippen LogP contribution is 2.54. The zero-order valence-electron chi connectivity index (χ0n) is 17.1. The molecule has 0 saturated carbocycles. The lowest BCUT2D eigenvalue weighted by Crippen LogP contribution is -2.03. The molecule has 0 fully saturated rings. The van der Waals surface area contributed by atoms with Crippen LogP contribution in [0.1, 0.15) is 0 Å². The van der Waals surface area contributed by atoms with Gasteiger partial charge in [-0.05, 0) is 39.7 Å². The molecule has 1 aromatic heterocycles. The van der Waals surface area contributed by atoms with Gasteiger partial charge in [-0.15, -0.1) is 11.3 Å². The van der Waals surface area contributed by atoms with Crippen LogP contribution in [0.3, 0.4) is 0 Å². The predicted octanol–water partition coefficient (Wildman–Crippen LogP) is 9.24. The minimum atomic E-state index is 1.20. The molecule has 2 heteroatoms. The summed E-state index contributed by atoms with van der Waals surface area (Å²) in [6.45, 7) is 0. The number of fused-ring (bicyclic) bond motifs is 11. The number of anilines is 2. The lowest BCUT2D eigenvalue weighted by Gasteiger charge is -2.27. The van der Waals surface area contributed by atoms with Gasteiger partial charge >= 0.3 is 0 Å². The van der Waals surface area contributed by atoms with Gasteiger partial charge in [0, 0.05) is 47.8 Å². The molecule has 1 N–H and O–H groups in total. The molecular weight excluding hydrogens is 406 g/mol. The first-order valence-corrected chi connectivity index (χ1v) is 11.8. The Balaban J connectivity index is 1.74. The molecule has 0 aliphatic carbocycles. The second-order valence-corrected chi connectivity index (χ2v) is 9.68. The molecule has 1 aliphatic heterocycles. The van der Waals surface area contributed by atoms with Crippen molar-refractivity contribution >= 4 is 75.2 Å². The van der Waals surface area contributed by atoms with Gasteiger partial charge in [-0.1, -0.05) is 78.9 Å². The lowest BCUT2D eigenvalue weighted by atomic mass is 9.84. The summed E-state index contributed by atoms with van der Waals surface area (Å²) >= 11 is 1.90. The Morgan fingerprint density at radius 3 is 2.03 bits per heavy atom. The van der Waals surface area contributed by atoms with E-state index in [0.29, 0.717) is 0 Å². The standard InChI is InChI=1S/C30H17NS/c1-3-11-20-18(9-1)19-10-2-4-12-21(19)30-28(20)29-26-17(8-7-14-23(26)31-30)16-25-27(29)22-13-5-6-15-24(22)32-25/h1-16,31H. The normalized spacial score (nSPS) is 12.6. The SMILES string of the molecule is c1cc2c3c(c4c(cc3c1)sc1ccccc14)-c1c(c3ccccc3c3ccccc13)N2. The van der Waals surface area contributed by atoms with E-state index in [1.165, 1.54) is 75.0 Å². The molecule has 2 heterocycles. The van der Waals surface area contributed by atoms with Crippen LogP contribution in [0.4, 0.5) is 11.4 Å². The molecule has 32 heavy (non-hydrogen) atoms. The number of benzene rings is 6. The first kappa shape index (κ1) is 16.8. The van der Waals surface area contributed by atoms with Gasteiger partial charge in [-0.25, -0.2) is 0 Å². The molecule has 7 aromatic rings. The van der Waals surface area contributed by atoms with E-state index in [0.717, 1.165) is 0 Å². The first-order chi connectivity index (χ1) is 15.9. The minimum Gasteiger partial charge on any atom is -0.354 e. The molecule has 0 atom stereocenters. The highest BCUT2D eigenvalue weighted by Gasteiger charge is 2.26. The van der Waals surface area contributed by atoms with Crippen molar-refractivity contribution in [2.75, 3.05) is 5.32 Å². The first-order valence-electron chi connectivity index (χ1n) is 11.0. The predicted molar refractivity (Wildman–Crippen MR) is 141 cm³/mol. The molecule has 0 amide bonds. The third-order valence-electron chi connectivity index (χ3n) is 6.95. The molecule has 0 radical (unpaired) electrons. The van der Waals surface area contributed by atoms with Gasteiger partial charge in [-0.3, -0.25) is 0 Å². The highest BCUT2D eigenvalue weighted by atomic mass is 32.1. The van der Waals surface area contributed by atoms with E-state index in [9.17, 15) is 0 Å². The molecule has 0 spiro atoms. The van der Waals surface area contributed by atoms with Crippen LogP contribution in [0.2, 0.25) is 0 Å². The van der Waals surface area contributed by atoms with Gasteiger partial charge in [0.25, 0.3) is 0 Å². The maximum atomic E-state index is 3.85. The van der Waals surface area contributed by atoms with E-state index in [-0.39, 0.29) is 0 Å². The smallest absolute Gasteiger partial charge is 0.0550 e. The summed E-state index contributed by atoms with van der Waals surface area (Å²) in [5.74, 6) is 0. The zero-order chi connectivity index (χ0) is 20.8. The Kier molecular flexibility index (Phi) is 3.08. The molecule has 0 unspecified atom stereocenters. The molecular formula is C30H17NS. The molecule has 0 saturated heterocycles. The number of rotatable bonds is 0. The van der Waals surface area contributed by atoms with E-state index >= 15 is 0 Å². The maximum absolute atomic E-state index is 3.85. The van der Waals surface area contributed by atoms with E-state index in [1.54, 1.807) is 0 Å². The molecule has 1 aliphatic rings. The fraction of sp³-hybridized carbons (Fsp3) is 0. The van der Waals surface area contributed by atoms with E-state index in [4.69, 9.17) is 0 Å². The van der Waals surface area contributed by atoms with Crippen LogP contribution in [-0.2, 0) is 0 Å². The molecule has 148 valence electrons. The van der Waals surface area contributed by atoms with Crippen molar-refractivity contribution in [1.29, 1.82) is 0 Å². The van der Waals surface area contributed by atoms with Gasteiger partial charge in [0.05, 0.1) is 5.69 Å². The van der Waals surface area contributed by atoms with Crippen LogP contribution in [-0.4, -0.2) is 0 Å². The molecule has 1 nitrogen and oxygen atoms in total. The van der Waals surface area contributed by atoms with Crippen LogP contribution >= 0.6 is 11.3 Å². The Labute approximate surface area is 188 Å². The van der Waals surface area contributed by atoms with Gasteiger partial charge in [0.1, 0.15) is 0 Å². The Bertz CT molecular complexity index is 1910. The summed E-state index contributed by atoms with van der Waals surface area (Å²) in [4.78, 5) is 0. The Morgan fingerprint density at radius 2 is 1.19 bits per heavy atom. The van der Waals surface area contributed by atoms with Crippen molar-refractivity contribution in [2.45, 2.75) is 0 Å². The topological polar surface area (TPSA) is 12.0 Å². The summed E-state index contributed by atoms with van der Waals surface area (Å²) in [7, 11) is 0. The Morgan fingerprint density at radius 1 is 0.500 bits per heavy atom. The quantitative estimate of drug-likeness (QED) is 0.240. The van der Waals surface area contributed by atoms with Crippen molar-refractivity contribution in [3.63, 3.8) is 0 Å². The van der Waals surface area contributed by atoms with Crippen LogP contribution in [0.5, 0.6) is 0 Å². The van der Waals surface area contributed by atoms with E-state index in [1.807, 2.05) is 11.3 Å². The highest BCUT2D eigenvalue weighted by molar-refractivity contribution is 7.26. The monoisotopic (exact) mass is 423 g/mol.